The first kappa shape index (κ1) is 16.1. The van der Waals surface area contributed by atoms with E-state index in [0.717, 1.165) is 21.9 Å². The van der Waals surface area contributed by atoms with Crippen LogP contribution in [0.1, 0.15) is 23.0 Å². The lowest BCUT2D eigenvalue weighted by Crippen LogP contribution is -2.23. The molecule has 6 heteroatoms. The molecular weight excluding hydrogens is 322 g/mol. The lowest BCUT2D eigenvalue weighted by atomic mass is 10.2. The molecule has 2 heterocycles. The van der Waals surface area contributed by atoms with Crippen LogP contribution in [0.15, 0.2) is 54.2 Å². The van der Waals surface area contributed by atoms with Crippen LogP contribution in [0, 0.1) is 0 Å². The predicted molar refractivity (Wildman–Crippen MR) is 94.1 cm³/mol. The minimum atomic E-state index is -0.180. The minimum absolute atomic E-state index is 0.180. The third-order valence-corrected chi connectivity index (χ3v) is 4.24. The van der Waals surface area contributed by atoms with Gasteiger partial charge < -0.3 is 10.1 Å². The van der Waals surface area contributed by atoms with Gasteiger partial charge in [0.1, 0.15) is 16.5 Å². The quantitative estimate of drug-likeness (QED) is 0.746. The average Bonchev–Trinajstić information content (AvgIpc) is 3.12. The first-order valence-electron chi connectivity index (χ1n) is 7.62. The van der Waals surface area contributed by atoms with Crippen LogP contribution in [-0.2, 0) is 6.54 Å². The van der Waals surface area contributed by atoms with Crippen LogP contribution in [0.4, 0.5) is 0 Å². The van der Waals surface area contributed by atoms with Gasteiger partial charge in [-0.15, -0.1) is 11.3 Å². The van der Waals surface area contributed by atoms with Crippen molar-refractivity contribution in [2.24, 2.45) is 0 Å². The zero-order valence-electron chi connectivity index (χ0n) is 13.2. The maximum absolute atomic E-state index is 12.2. The second kappa shape index (κ2) is 7.70. The lowest BCUT2D eigenvalue weighted by molar-refractivity contribution is 0.0946. The smallest absolute Gasteiger partial charge is 0.271 e. The SMILES string of the molecule is CCOc1ccc(CNC(=O)c2csc(-c3ccncc3)n2)cc1. The molecule has 5 nitrogen and oxygen atoms in total. The summed E-state index contributed by atoms with van der Waals surface area (Å²) in [6.45, 7) is 3.04. The van der Waals surface area contributed by atoms with E-state index >= 15 is 0 Å². The van der Waals surface area contributed by atoms with Gasteiger partial charge in [-0.3, -0.25) is 9.78 Å². The topological polar surface area (TPSA) is 64.1 Å². The van der Waals surface area contributed by atoms with E-state index in [1.807, 2.05) is 43.3 Å². The first-order valence-corrected chi connectivity index (χ1v) is 8.50. The Bertz CT molecular complexity index is 801. The molecule has 0 bridgehead atoms. The van der Waals surface area contributed by atoms with Gasteiger partial charge in [-0.25, -0.2) is 4.98 Å². The Morgan fingerprint density at radius 1 is 1.17 bits per heavy atom. The number of amides is 1. The van der Waals surface area contributed by atoms with Crippen LogP contribution in [0.2, 0.25) is 0 Å². The van der Waals surface area contributed by atoms with Crippen molar-refractivity contribution >= 4 is 17.2 Å². The molecule has 3 aromatic rings. The molecule has 1 N–H and O–H groups in total. The van der Waals surface area contributed by atoms with E-state index in [9.17, 15) is 4.79 Å². The molecule has 0 aliphatic carbocycles. The standard InChI is InChI=1S/C18H17N3O2S/c1-2-23-15-5-3-13(4-6-15)11-20-17(22)16-12-24-18(21-16)14-7-9-19-10-8-14/h3-10,12H,2,11H2,1H3,(H,20,22). The molecule has 1 aromatic carbocycles. The zero-order valence-corrected chi connectivity index (χ0v) is 14.0. The number of carbonyl (C=O) groups excluding carboxylic acids is 1. The number of ether oxygens (including phenoxy) is 1. The highest BCUT2D eigenvalue weighted by molar-refractivity contribution is 7.13. The van der Waals surface area contributed by atoms with E-state index in [1.165, 1.54) is 11.3 Å². The molecule has 0 atom stereocenters. The van der Waals surface area contributed by atoms with Crippen molar-refractivity contribution in [1.29, 1.82) is 0 Å². The fraction of sp³-hybridized carbons (Fsp3) is 0.167. The molecule has 2 aromatic heterocycles. The van der Waals surface area contributed by atoms with Gasteiger partial charge in [0.25, 0.3) is 5.91 Å². The number of aromatic nitrogens is 2. The van der Waals surface area contributed by atoms with E-state index in [1.54, 1.807) is 17.8 Å². The molecule has 0 saturated heterocycles. The highest BCUT2D eigenvalue weighted by atomic mass is 32.1. The number of nitrogens with one attached hydrogen (secondary N) is 1. The number of pyridine rings is 1. The summed E-state index contributed by atoms with van der Waals surface area (Å²) in [7, 11) is 0. The van der Waals surface area contributed by atoms with E-state index < -0.39 is 0 Å². The van der Waals surface area contributed by atoms with E-state index in [-0.39, 0.29) is 5.91 Å². The predicted octanol–water partition coefficient (Wildman–Crippen LogP) is 3.53. The molecule has 122 valence electrons. The largest absolute Gasteiger partial charge is 0.494 e. The van der Waals surface area contributed by atoms with Gasteiger partial charge in [0.05, 0.1) is 6.61 Å². The maximum Gasteiger partial charge on any atom is 0.271 e. The van der Waals surface area contributed by atoms with Gasteiger partial charge in [0, 0.05) is 29.9 Å². The molecule has 0 fully saturated rings. The number of hydrogen-bond acceptors (Lipinski definition) is 5. The van der Waals surface area contributed by atoms with Crippen molar-refractivity contribution in [3.8, 4) is 16.3 Å². The number of thiazole rings is 1. The van der Waals surface area contributed by atoms with Crippen molar-refractivity contribution in [1.82, 2.24) is 15.3 Å². The van der Waals surface area contributed by atoms with E-state index in [2.05, 4.69) is 15.3 Å². The summed E-state index contributed by atoms with van der Waals surface area (Å²) < 4.78 is 5.40. The van der Waals surface area contributed by atoms with E-state index in [0.29, 0.717) is 18.8 Å². The van der Waals surface area contributed by atoms with Crippen molar-refractivity contribution in [3.63, 3.8) is 0 Å². The molecule has 1 amide bonds. The molecule has 3 rings (SSSR count). The summed E-state index contributed by atoms with van der Waals surface area (Å²) in [5.41, 5.74) is 2.40. The number of benzene rings is 1. The van der Waals surface area contributed by atoms with Gasteiger partial charge in [-0.1, -0.05) is 12.1 Å². The molecule has 0 saturated carbocycles. The summed E-state index contributed by atoms with van der Waals surface area (Å²) in [6, 6.07) is 11.4. The summed E-state index contributed by atoms with van der Waals surface area (Å²) in [6.07, 6.45) is 3.42. The fourth-order valence-corrected chi connectivity index (χ4v) is 2.95. The lowest BCUT2D eigenvalue weighted by Gasteiger charge is -2.06. The van der Waals surface area contributed by atoms with Crippen LogP contribution in [0.5, 0.6) is 5.75 Å². The minimum Gasteiger partial charge on any atom is -0.494 e. The van der Waals surface area contributed by atoms with Crippen molar-refractivity contribution in [3.05, 3.63) is 65.4 Å². The highest BCUT2D eigenvalue weighted by Gasteiger charge is 2.11. The Balaban J connectivity index is 1.60. The molecular formula is C18H17N3O2S. The van der Waals surface area contributed by atoms with Gasteiger partial charge in [-0.05, 0) is 36.8 Å². The summed E-state index contributed by atoms with van der Waals surface area (Å²) in [4.78, 5) is 20.6. The molecule has 0 unspecified atom stereocenters. The van der Waals surface area contributed by atoms with Crippen molar-refractivity contribution in [2.75, 3.05) is 6.61 Å². The number of carbonyl (C=O) groups is 1. The molecule has 0 aliphatic rings. The molecule has 24 heavy (non-hydrogen) atoms. The first-order chi connectivity index (χ1) is 11.8. The number of hydrogen-bond donors (Lipinski definition) is 1. The summed E-state index contributed by atoms with van der Waals surface area (Å²) >= 11 is 1.44. The van der Waals surface area contributed by atoms with Crippen LogP contribution in [-0.4, -0.2) is 22.5 Å². The normalized spacial score (nSPS) is 10.4. The van der Waals surface area contributed by atoms with Crippen molar-refractivity contribution in [2.45, 2.75) is 13.5 Å². The van der Waals surface area contributed by atoms with Crippen LogP contribution in [0.25, 0.3) is 10.6 Å². The van der Waals surface area contributed by atoms with Gasteiger partial charge in [0.15, 0.2) is 0 Å². The van der Waals surface area contributed by atoms with Gasteiger partial charge >= 0.3 is 0 Å². The average molecular weight is 339 g/mol. The van der Waals surface area contributed by atoms with Gasteiger partial charge in [0.2, 0.25) is 0 Å². The molecule has 0 spiro atoms. The Labute approximate surface area is 144 Å². The maximum atomic E-state index is 12.2. The second-order valence-electron chi connectivity index (χ2n) is 5.03. The Kier molecular flexibility index (Phi) is 5.18. The summed E-state index contributed by atoms with van der Waals surface area (Å²) in [5, 5.41) is 5.46. The second-order valence-corrected chi connectivity index (χ2v) is 5.89. The highest BCUT2D eigenvalue weighted by Crippen LogP contribution is 2.22. The van der Waals surface area contributed by atoms with Gasteiger partial charge in [-0.2, -0.15) is 0 Å². The van der Waals surface area contributed by atoms with Crippen LogP contribution in [0.3, 0.4) is 0 Å². The Hall–Kier alpha value is -2.73. The zero-order chi connectivity index (χ0) is 16.8. The van der Waals surface area contributed by atoms with E-state index in [4.69, 9.17) is 4.74 Å². The summed E-state index contributed by atoms with van der Waals surface area (Å²) in [5.74, 6) is 0.648. The van der Waals surface area contributed by atoms with Crippen molar-refractivity contribution < 1.29 is 9.53 Å². The third kappa shape index (κ3) is 3.97. The van der Waals surface area contributed by atoms with Crippen LogP contribution < -0.4 is 10.1 Å². The van der Waals surface area contributed by atoms with Crippen LogP contribution >= 0.6 is 11.3 Å². The Morgan fingerprint density at radius 2 is 1.92 bits per heavy atom. The molecule has 0 radical (unpaired) electrons. The Morgan fingerprint density at radius 3 is 2.62 bits per heavy atom. The monoisotopic (exact) mass is 339 g/mol. The third-order valence-electron chi connectivity index (χ3n) is 3.35. The molecule has 0 aliphatic heterocycles. The fourth-order valence-electron chi connectivity index (χ4n) is 2.15. The number of rotatable bonds is 6. The number of nitrogens with zero attached hydrogens (tertiary/aromatic N) is 2.